The number of hydrogen-bond donors (Lipinski definition) is 1. The molecule has 0 atom stereocenters. The third-order valence-electron chi connectivity index (χ3n) is 2.62. The van der Waals surface area contributed by atoms with E-state index in [0.717, 1.165) is 25.1 Å². The summed E-state index contributed by atoms with van der Waals surface area (Å²) < 4.78 is 31.5. The van der Waals surface area contributed by atoms with E-state index in [4.69, 9.17) is 4.74 Å². The highest BCUT2D eigenvalue weighted by atomic mass is 32.2. The van der Waals surface area contributed by atoms with Gasteiger partial charge in [0.15, 0.2) is 23.2 Å². The Balaban J connectivity index is 2.28. The van der Waals surface area contributed by atoms with Crippen molar-refractivity contribution in [2.45, 2.75) is 23.3 Å². The number of ether oxygens (including phenoxy) is 1. The summed E-state index contributed by atoms with van der Waals surface area (Å²) in [6, 6.07) is 3.70. The Kier molecular flexibility index (Phi) is 5.32. The average molecular weight is 311 g/mol. The Bertz CT molecular complexity index is 625. The van der Waals surface area contributed by atoms with Gasteiger partial charge in [0.05, 0.1) is 7.11 Å². The fraction of sp³-hybridized carbons (Fsp3) is 0.286. The minimum absolute atomic E-state index is 0.487. The molecule has 7 heteroatoms. The molecule has 1 N–H and O–H groups in total. The highest BCUT2D eigenvalue weighted by Crippen LogP contribution is 2.36. The Morgan fingerprint density at radius 1 is 1.24 bits per heavy atom. The molecule has 4 nitrogen and oxygen atoms in total. The number of nitrogens with zero attached hydrogens (tertiary/aromatic N) is 2. The van der Waals surface area contributed by atoms with Crippen LogP contribution in [0.1, 0.15) is 13.3 Å². The fourth-order valence-corrected chi connectivity index (χ4v) is 2.53. The summed E-state index contributed by atoms with van der Waals surface area (Å²) in [7, 11) is 1.52. The summed E-state index contributed by atoms with van der Waals surface area (Å²) in [5.41, 5.74) is 0. The second kappa shape index (κ2) is 7.21. The zero-order valence-electron chi connectivity index (χ0n) is 11.7. The molecule has 0 aliphatic heterocycles. The molecule has 0 amide bonds. The summed E-state index contributed by atoms with van der Waals surface area (Å²) in [6.07, 6.45) is 2.35. The number of hydrogen-bond acceptors (Lipinski definition) is 5. The normalized spacial score (nSPS) is 10.5. The molecule has 0 aliphatic rings. The molecule has 1 heterocycles. The lowest BCUT2D eigenvalue weighted by Gasteiger charge is -2.12. The highest BCUT2D eigenvalue weighted by Gasteiger charge is 2.14. The van der Waals surface area contributed by atoms with Gasteiger partial charge in [-0.05, 0) is 24.6 Å². The first-order chi connectivity index (χ1) is 10.2. The van der Waals surface area contributed by atoms with E-state index in [0.29, 0.717) is 21.5 Å². The van der Waals surface area contributed by atoms with E-state index in [1.165, 1.54) is 31.3 Å². The van der Waals surface area contributed by atoms with Crippen LogP contribution in [0.3, 0.4) is 0 Å². The first kappa shape index (κ1) is 15.5. The van der Waals surface area contributed by atoms with Crippen LogP contribution < -0.4 is 10.1 Å². The van der Waals surface area contributed by atoms with Crippen LogP contribution >= 0.6 is 11.8 Å². The van der Waals surface area contributed by atoms with E-state index in [1.54, 1.807) is 0 Å². The molecule has 2 aromatic rings. The number of rotatable bonds is 6. The minimum Gasteiger partial charge on any atom is -0.490 e. The Morgan fingerprint density at radius 3 is 2.71 bits per heavy atom. The maximum absolute atomic E-state index is 13.2. The van der Waals surface area contributed by atoms with E-state index >= 15 is 0 Å². The van der Waals surface area contributed by atoms with E-state index < -0.39 is 11.6 Å². The van der Waals surface area contributed by atoms with Crippen molar-refractivity contribution in [1.29, 1.82) is 0 Å². The Hall–Kier alpha value is -1.89. The molecule has 0 unspecified atom stereocenters. The highest BCUT2D eigenvalue weighted by molar-refractivity contribution is 7.99. The lowest BCUT2D eigenvalue weighted by atomic mass is 10.3. The molecular formula is C14H15F2N3OS. The van der Waals surface area contributed by atoms with Crippen molar-refractivity contribution in [3.63, 3.8) is 0 Å². The first-order valence-electron chi connectivity index (χ1n) is 6.41. The maximum Gasteiger partial charge on any atom is 0.194 e. The van der Waals surface area contributed by atoms with Gasteiger partial charge < -0.3 is 10.1 Å². The van der Waals surface area contributed by atoms with Gasteiger partial charge >= 0.3 is 0 Å². The van der Waals surface area contributed by atoms with E-state index in [9.17, 15) is 8.78 Å². The molecule has 1 aromatic carbocycles. The molecule has 21 heavy (non-hydrogen) atoms. The van der Waals surface area contributed by atoms with Crippen molar-refractivity contribution in [2.75, 3.05) is 19.0 Å². The van der Waals surface area contributed by atoms with Crippen molar-refractivity contribution in [1.82, 2.24) is 9.97 Å². The summed E-state index contributed by atoms with van der Waals surface area (Å²) in [6.45, 7) is 2.79. The Morgan fingerprint density at radius 2 is 2.05 bits per heavy atom. The Labute approximate surface area is 126 Å². The van der Waals surface area contributed by atoms with Gasteiger partial charge in [0.1, 0.15) is 11.4 Å². The largest absolute Gasteiger partial charge is 0.490 e. The quantitative estimate of drug-likeness (QED) is 0.824. The second-order valence-electron chi connectivity index (χ2n) is 4.17. The lowest BCUT2D eigenvalue weighted by molar-refractivity contribution is 0.400. The summed E-state index contributed by atoms with van der Waals surface area (Å²) in [5.74, 6) is -0.697. The number of nitrogens with one attached hydrogen (secondary N) is 1. The van der Waals surface area contributed by atoms with Crippen molar-refractivity contribution in [3.8, 4) is 5.75 Å². The molecule has 0 bridgehead atoms. The van der Waals surface area contributed by atoms with Crippen molar-refractivity contribution >= 4 is 17.6 Å². The van der Waals surface area contributed by atoms with E-state index in [2.05, 4.69) is 15.3 Å². The second-order valence-corrected chi connectivity index (χ2v) is 5.23. The van der Waals surface area contributed by atoms with Crippen LogP contribution in [0.15, 0.2) is 34.4 Å². The van der Waals surface area contributed by atoms with Gasteiger partial charge in [-0.25, -0.2) is 18.7 Å². The van der Waals surface area contributed by atoms with Crippen LogP contribution in [-0.2, 0) is 0 Å². The van der Waals surface area contributed by atoms with Crippen molar-refractivity contribution < 1.29 is 13.5 Å². The molecule has 0 radical (unpaired) electrons. The summed E-state index contributed by atoms with van der Waals surface area (Å²) >= 11 is 1.19. The maximum atomic E-state index is 13.2. The average Bonchev–Trinajstić information content (AvgIpc) is 2.49. The molecule has 112 valence electrons. The number of methoxy groups -OCH3 is 1. The minimum atomic E-state index is -0.891. The number of anilines is 1. The van der Waals surface area contributed by atoms with Gasteiger partial charge in [0.25, 0.3) is 0 Å². The molecule has 0 aliphatic carbocycles. The topological polar surface area (TPSA) is 47.0 Å². The SMILES string of the molecule is CCCNc1ncnc(Sc2ccc(F)c(F)c2)c1OC. The van der Waals surface area contributed by atoms with Crippen LogP contribution in [-0.4, -0.2) is 23.6 Å². The van der Waals surface area contributed by atoms with E-state index in [-0.39, 0.29) is 0 Å². The van der Waals surface area contributed by atoms with Crippen LogP contribution in [0, 0.1) is 11.6 Å². The fourth-order valence-electron chi connectivity index (χ4n) is 1.64. The summed E-state index contributed by atoms with van der Waals surface area (Å²) in [4.78, 5) is 8.80. The van der Waals surface area contributed by atoms with Gasteiger partial charge in [0, 0.05) is 11.4 Å². The third-order valence-corrected chi connectivity index (χ3v) is 3.60. The standard InChI is InChI=1S/C14H15F2N3OS/c1-3-6-17-13-12(20-2)14(19-8-18-13)21-9-4-5-10(15)11(16)7-9/h4-5,7-8H,3,6H2,1-2H3,(H,17,18,19). The molecular weight excluding hydrogens is 296 g/mol. The van der Waals surface area contributed by atoms with Crippen LogP contribution in [0.5, 0.6) is 5.75 Å². The van der Waals surface area contributed by atoms with Gasteiger partial charge in [-0.15, -0.1) is 0 Å². The zero-order valence-corrected chi connectivity index (χ0v) is 12.5. The molecule has 0 fully saturated rings. The van der Waals surface area contributed by atoms with Gasteiger partial charge in [-0.1, -0.05) is 18.7 Å². The number of halogens is 2. The molecule has 2 rings (SSSR count). The zero-order chi connectivity index (χ0) is 15.2. The van der Waals surface area contributed by atoms with Gasteiger partial charge in [-0.3, -0.25) is 0 Å². The van der Waals surface area contributed by atoms with Crippen LogP contribution in [0.25, 0.3) is 0 Å². The van der Waals surface area contributed by atoms with Crippen molar-refractivity contribution in [3.05, 3.63) is 36.2 Å². The number of aromatic nitrogens is 2. The molecule has 1 aromatic heterocycles. The first-order valence-corrected chi connectivity index (χ1v) is 7.23. The van der Waals surface area contributed by atoms with E-state index in [1.807, 2.05) is 6.92 Å². The molecule has 0 saturated heterocycles. The van der Waals surface area contributed by atoms with Crippen molar-refractivity contribution in [2.24, 2.45) is 0 Å². The summed E-state index contributed by atoms with van der Waals surface area (Å²) in [5, 5.41) is 3.68. The predicted molar refractivity (Wildman–Crippen MR) is 77.8 cm³/mol. The molecule has 0 saturated carbocycles. The monoisotopic (exact) mass is 311 g/mol. The molecule has 0 spiro atoms. The van der Waals surface area contributed by atoms with Gasteiger partial charge in [-0.2, -0.15) is 0 Å². The smallest absolute Gasteiger partial charge is 0.194 e. The lowest BCUT2D eigenvalue weighted by Crippen LogP contribution is -2.05. The number of benzene rings is 1. The third kappa shape index (κ3) is 3.81. The van der Waals surface area contributed by atoms with Crippen LogP contribution in [0.2, 0.25) is 0 Å². The van der Waals surface area contributed by atoms with Crippen LogP contribution in [0.4, 0.5) is 14.6 Å². The van der Waals surface area contributed by atoms with Gasteiger partial charge in [0.2, 0.25) is 0 Å². The predicted octanol–water partition coefficient (Wildman–Crippen LogP) is 3.74.